The molecule has 3 N–H and O–H groups in total. The molecule has 3 rings (SSSR count). The second-order valence-corrected chi connectivity index (χ2v) is 8.24. The van der Waals surface area contributed by atoms with E-state index >= 15 is 0 Å². The van der Waals surface area contributed by atoms with Crippen LogP contribution in [-0.4, -0.2) is 14.5 Å². The van der Waals surface area contributed by atoms with Gasteiger partial charge in [0.25, 0.3) is 0 Å². The summed E-state index contributed by atoms with van der Waals surface area (Å²) in [6.07, 6.45) is 4.18. The van der Waals surface area contributed by atoms with Gasteiger partial charge in [-0.2, -0.15) is 0 Å². The Labute approximate surface area is 126 Å². The van der Waals surface area contributed by atoms with Crippen molar-refractivity contribution in [2.24, 2.45) is 11.8 Å². The van der Waals surface area contributed by atoms with Crippen molar-refractivity contribution in [2.45, 2.75) is 36.6 Å². The zero-order chi connectivity index (χ0) is 14.5. The summed E-state index contributed by atoms with van der Waals surface area (Å²) in [7, 11) is -3.86. The fourth-order valence-corrected chi connectivity index (χ4v) is 5.13. The monoisotopic (exact) mass is 362 g/mol. The molecule has 0 saturated heterocycles. The van der Waals surface area contributed by atoms with Crippen molar-refractivity contribution in [3.8, 4) is 0 Å². The van der Waals surface area contributed by atoms with Gasteiger partial charge in [0.1, 0.15) is 10.7 Å². The topological polar surface area (TPSA) is 72.2 Å². The summed E-state index contributed by atoms with van der Waals surface area (Å²) in [6, 6.07) is 2.18. The lowest BCUT2D eigenvalue weighted by Gasteiger charge is -2.23. The van der Waals surface area contributed by atoms with Crippen molar-refractivity contribution in [1.82, 2.24) is 4.72 Å². The first-order chi connectivity index (χ1) is 9.37. The third-order valence-electron chi connectivity index (χ3n) is 4.39. The first kappa shape index (κ1) is 14.3. The van der Waals surface area contributed by atoms with Crippen molar-refractivity contribution in [1.29, 1.82) is 0 Å². The van der Waals surface area contributed by atoms with Gasteiger partial charge in [-0.15, -0.1) is 0 Å². The van der Waals surface area contributed by atoms with Crippen LogP contribution in [0.25, 0.3) is 0 Å². The van der Waals surface area contributed by atoms with Crippen molar-refractivity contribution in [3.63, 3.8) is 0 Å². The Balaban J connectivity index is 1.87. The number of halogens is 2. The number of nitrogens with one attached hydrogen (secondary N) is 1. The van der Waals surface area contributed by atoms with E-state index in [1.165, 1.54) is 6.42 Å². The van der Waals surface area contributed by atoms with Crippen molar-refractivity contribution < 1.29 is 12.8 Å². The number of hydrogen-bond donors (Lipinski definition) is 2. The number of nitrogen functional groups attached to an aromatic ring is 1. The summed E-state index contributed by atoms with van der Waals surface area (Å²) in [5, 5.41) is 0. The molecule has 7 heteroatoms. The number of fused-ring (bicyclic) bond motifs is 2. The Morgan fingerprint density at radius 3 is 2.65 bits per heavy atom. The highest BCUT2D eigenvalue weighted by Gasteiger charge is 2.41. The van der Waals surface area contributed by atoms with E-state index in [4.69, 9.17) is 5.73 Å². The molecule has 0 amide bonds. The van der Waals surface area contributed by atoms with E-state index in [0.29, 0.717) is 16.3 Å². The number of benzene rings is 1. The molecule has 1 aromatic rings. The van der Waals surface area contributed by atoms with E-state index < -0.39 is 15.8 Å². The predicted octanol–water partition coefficient (Wildman–Crippen LogP) is 2.64. The first-order valence-corrected chi connectivity index (χ1v) is 8.91. The van der Waals surface area contributed by atoms with Crippen LogP contribution >= 0.6 is 15.9 Å². The summed E-state index contributed by atoms with van der Waals surface area (Å²) >= 11 is 3.08. The summed E-state index contributed by atoms with van der Waals surface area (Å²) in [4.78, 5) is -0.374. The van der Waals surface area contributed by atoms with Crippen LogP contribution in [0.2, 0.25) is 0 Å². The summed E-state index contributed by atoms with van der Waals surface area (Å²) in [5.41, 5.74) is 5.86. The fraction of sp³-hybridized carbons (Fsp3) is 0.538. The number of hydrogen-bond acceptors (Lipinski definition) is 3. The smallest absolute Gasteiger partial charge is 0.243 e. The Bertz CT molecular complexity index is 650. The van der Waals surface area contributed by atoms with Gasteiger partial charge in [0.2, 0.25) is 10.0 Å². The maximum atomic E-state index is 13.9. The average Bonchev–Trinajstić information content (AvgIpc) is 2.95. The van der Waals surface area contributed by atoms with Gasteiger partial charge < -0.3 is 5.73 Å². The lowest BCUT2D eigenvalue weighted by Crippen LogP contribution is -2.38. The molecule has 0 spiro atoms. The highest BCUT2D eigenvalue weighted by Crippen LogP contribution is 2.45. The standard InChI is InChI=1S/C13H16BrFN2O2S/c14-9-5-10(15)13(6-11(9)16)20(18,19)17-12-4-7-1-2-8(12)3-7/h5-8,12,17H,1-4,16H2. The van der Waals surface area contributed by atoms with E-state index in [2.05, 4.69) is 20.7 Å². The molecule has 110 valence electrons. The normalized spacial score (nSPS) is 29.0. The molecule has 3 unspecified atom stereocenters. The minimum absolute atomic E-state index is 0.0666. The first-order valence-electron chi connectivity index (χ1n) is 6.63. The maximum Gasteiger partial charge on any atom is 0.243 e. The van der Waals surface area contributed by atoms with Gasteiger partial charge in [-0.25, -0.2) is 17.5 Å². The molecule has 0 aromatic heterocycles. The average molecular weight is 363 g/mol. The molecule has 2 aliphatic rings. The third-order valence-corrected chi connectivity index (χ3v) is 6.58. The number of sulfonamides is 1. The molecule has 2 bridgehead atoms. The van der Waals surface area contributed by atoms with Crippen LogP contribution in [0.15, 0.2) is 21.5 Å². The quantitative estimate of drug-likeness (QED) is 0.811. The van der Waals surface area contributed by atoms with Crippen LogP contribution in [0.1, 0.15) is 25.7 Å². The van der Waals surface area contributed by atoms with E-state index in [0.717, 1.165) is 31.4 Å². The Morgan fingerprint density at radius 2 is 2.05 bits per heavy atom. The number of nitrogens with two attached hydrogens (primary N) is 1. The lowest BCUT2D eigenvalue weighted by atomic mass is 9.96. The number of rotatable bonds is 3. The van der Waals surface area contributed by atoms with Crippen LogP contribution < -0.4 is 10.5 Å². The zero-order valence-electron chi connectivity index (χ0n) is 10.8. The van der Waals surface area contributed by atoms with Gasteiger partial charge in [0.05, 0.1) is 0 Å². The SMILES string of the molecule is Nc1cc(S(=O)(=O)NC2CC3CCC2C3)c(F)cc1Br. The molecule has 2 fully saturated rings. The largest absolute Gasteiger partial charge is 0.398 e. The molecule has 3 atom stereocenters. The van der Waals surface area contributed by atoms with Crippen LogP contribution in [0, 0.1) is 17.7 Å². The molecule has 2 saturated carbocycles. The molecule has 1 aromatic carbocycles. The summed E-state index contributed by atoms with van der Waals surface area (Å²) in [6.45, 7) is 0. The Hall–Kier alpha value is -0.660. The Kier molecular flexibility index (Phi) is 3.54. The zero-order valence-corrected chi connectivity index (χ0v) is 13.2. The molecule has 0 radical (unpaired) electrons. The molecule has 0 heterocycles. The van der Waals surface area contributed by atoms with Gasteiger partial charge in [-0.05, 0) is 59.2 Å². The van der Waals surface area contributed by atoms with Gasteiger partial charge in [0.15, 0.2) is 0 Å². The van der Waals surface area contributed by atoms with Crippen molar-refractivity contribution >= 4 is 31.6 Å². The summed E-state index contributed by atoms with van der Waals surface area (Å²) < 4.78 is 41.5. The highest BCUT2D eigenvalue weighted by atomic mass is 79.9. The predicted molar refractivity (Wildman–Crippen MR) is 78.1 cm³/mol. The molecule has 20 heavy (non-hydrogen) atoms. The van der Waals surface area contributed by atoms with Crippen molar-refractivity contribution in [3.05, 3.63) is 22.4 Å². The van der Waals surface area contributed by atoms with Crippen LogP contribution in [0.4, 0.5) is 10.1 Å². The van der Waals surface area contributed by atoms with Gasteiger partial charge in [-0.3, -0.25) is 0 Å². The van der Waals surface area contributed by atoms with E-state index in [-0.39, 0.29) is 16.6 Å². The van der Waals surface area contributed by atoms with Gasteiger partial charge in [0, 0.05) is 16.2 Å². The molecule has 0 aliphatic heterocycles. The molecular weight excluding hydrogens is 347 g/mol. The second kappa shape index (κ2) is 4.96. The van der Waals surface area contributed by atoms with E-state index in [1.807, 2.05) is 0 Å². The third kappa shape index (κ3) is 2.46. The summed E-state index contributed by atoms with van der Waals surface area (Å²) in [5.74, 6) is 0.222. The Morgan fingerprint density at radius 1 is 1.30 bits per heavy atom. The van der Waals surface area contributed by atoms with E-state index in [9.17, 15) is 12.8 Å². The minimum atomic E-state index is -3.86. The minimum Gasteiger partial charge on any atom is -0.398 e. The van der Waals surface area contributed by atoms with Crippen LogP contribution in [0.3, 0.4) is 0 Å². The molecule has 4 nitrogen and oxygen atoms in total. The van der Waals surface area contributed by atoms with E-state index in [1.54, 1.807) is 0 Å². The lowest BCUT2D eigenvalue weighted by molar-refractivity contribution is 0.389. The molecule has 2 aliphatic carbocycles. The highest BCUT2D eigenvalue weighted by molar-refractivity contribution is 9.10. The number of anilines is 1. The maximum absolute atomic E-state index is 13.9. The molecular formula is C13H16BrFN2O2S. The fourth-order valence-electron chi connectivity index (χ4n) is 3.40. The van der Waals surface area contributed by atoms with Crippen LogP contribution in [0.5, 0.6) is 0 Å². The van der Waals surface area contributed by atoms with Crippen LogP contribution in [-0.2, 0) is 10.0 Å². The van der Waals surface area contributed by atoms with Gasteiger partial charge >= 0.3 is 0 Å². The van der Waals surface area contributed by atoms with Crippen molar-refractivity contribution in [2.75, 3.05) is 5.73 Å². The second-order valence-electron chi connectivity index (χ2n) is 5.71. The van der Waals surface area contributed by atoms with Gasteiger partial charge in [-0.1, -0.05) is 6.42 Å².